The van der Waals surface area contributed by atoms with Crippen LogP contribution in [0.3, 0.4) is 0 Å². The lowest BCUT2D eigenvalue weighted by Gasteiger charge is -2.30. The molecular weight excluding hydrogens is 254 g/mol. The van der Waals surface area contributed by atoms with E-state index in [9.17, 15) is 0 Å². The third kappa shape index (κ3) is 3.38. The Bertz CT molecular complexity index is 380. The van der Waals surface area contributed by atoms with E-state index in [4.69, 9.17) is 9.72 Å². The summed E-state index contributed by atoms with van der Waals surface area (Å²) in [6, 6.07) is 0. The summed E-state index contributed by atoms with van der Waals surface area (Å²) in [5, 5.41) is 3.47. The highest BCUT2D eigenvalue weighted by Gasteiger charge is 2.36. The van der Waals surface area contributed by atoms with Gasteiger partial charge in [0.05, 0.1) is 5.69 Å². The standard InChI is InChI=1S/C16H27NOS/c1-4-13(3)14-12-19-15(17-14)16(18-5-2)10-8-6-7-9-11-16/h12-13H,4-11H2,1-3H3. The highest BCUT2D eigenvalue weighted by atomic mass is 32.1. The first-order chi connectivity index (χ1) is 9.22. The van der Waals surface area contributed by atoms with Crippen molar-refractivity contribution < 1.29 is 4.74 Å². The summed E-state index contributed by atoms with van der Waals surface area (Å²) in [7, 11) is 0. The van der Waals surface area contributed by atoms with Crippen LogP contribution in [0.15, 0.2) is 5.38 Å². The lowest BCUT2D eigenvalue weighted by Crippen LogP contribution is -2.29. The van der Waals surface area contributed by atoms with E-state index < -0.39 is 0 Å². The molecule has 1 atom stereocenters. The first-order valence-electron chi connectivity index (χ1n) is 7.81. The molecule has 0 spiro atoms. The summed E-state index contributed by atoms with van der Waals surface area (Å²) in [5.41, 5.74) is 1.17. The largest absolute Gasteiger partial charge is 0.368 e. The minimum absolute atomic E-state index is 0.0817. The van der Waals surface area contributed by atoms with Crippen molar-refractivity contribution in [3.05, 3.63) is 16.1 Å². The van der Waals surface area contributed by atoms with E-state index >= 15 is 0 Å². The normalized spacial score (nSPS) is 21.0. The second-order valence-corrected chi connectivity index (χ2v) is 6.59. The zero-order chi connectivity index (χ0) is 13.7. The molecule has 0 N–H and O–H groups in total. The van der Waals surface area contributed by atoms with E-state index in [0.29, 0.717) is 5.92 Å². The van der Waals surface area contributed by atoms with E-state index in [1.807, 2.05) is 11.3 Å². The summed E-state index contributed by atoms with van der Waals surface area (Å²) < 4.78 is 6.21. The summed E-state index contributed by atoms with van der Waals surface area (Å²) in [6.45, 7) is 7.39. The molecule has 0 radical (unpaired) electrons. The van der Waals surface area contributed by atoms with Gasteiger partial charge in [-0.1, -0.05) is 39.5 Å². The van der Waals surface area contributed by atoms with E-state index in [0.717, 1.165) is 25.9 Å². The molecule has 0 bridgehead atoms. The SMILES string of the molecule is CCOC1(c2nc(C(C)CC)cs2)CCCCCC1. The molecule has 108 valence electrons. The van der Waals surface area contributed by atoms with Gasteiger partial charge in [-0.3, -0.25) is 0 Å². The summed E-state index contributed by atoms with van der Waals surface area (Å²) in [5.74, 6) is 0.564. The average molecular weight is 281 g/mol. The first-order valence-corrected chi connectivity index (χ1v) is 8.69. The summed E-state index contributed by atoms with van der Waals surface area (Å²) >= 11 is 1.81. The molecule has 0 saturated heterocycles. The monoisotopic (exact) mass is 281 g/mol. The molecule has 2 nitrogen and oxygen atoms in total. The Morgan fingerprint density at radius 3 is 2.53 bits per heavy atom. The second kappa shape index (κ2) is 6.85. The van der Waals surface area contributed by atoms with Gasteiger partial charge < -0.3 is 4.74 Å². The third-order valence-electron chi connectivity index (χ3n) is 4.36. The number of rotatable bonds is 5. The number of ether oxygens (including phenoxy) is 1. The van der Waals surface area contributed by atoms with Crippen LogP contribution in [0.2, 0.25) is 0 Å². The van der Waals surface area contributed by atoms with Crippen molar-refractivity contribution in [2.45, 2.75) is 77.2 Å². The molecule has 3 heteroatoms. The summed E-state index contributed by atoms with van der Waals surface area (Å²) in [4.78, 5) is 4.93. The number of hydrogen-bond acceptors (Lipinski definition) is 3. The van der Waals surface area contributed by atoms with Gasteiger partial charge in [0.15, 0.2) is 0 Å². The van der Waals surface area contributed by atoms with Crippen molar-refractivity contribution in [2.24, 2.45) is 0 Å². The topological polar surface area (TPSA) is 22.1 Å². The predicted molar refractivity (Wildman–Crippen MR) is 81.8 cm³/mol. The molecule has 1 aromatic rings. The van der Waals surface area contributed by atoms with Crippen molar-refractivity contribution in [1.29, 1.82) is 0 Å². The molecule has 1 aromatic heterocycles. The zero-order valence-corrected chi connectivity index (χ0v) is 13.4. The van der Waals surface area contributed by atoms with Crippen LogP contribution in [0, 0.1) is 0 Å². The molecule has 1 unspecified atom stereocenters. The van der Waals surface area contributed by atoms with Gasteiger partial charge in [-0.2, -0.15) is 0 Å². The van der Waals surface area contributed by atoms with Gasteiger partial charge in [0.25, 0.3) is 0 Å². The molecule has 1 fully saturated rings. The minimum atomic E-state index is -0.0817. The van der Waals surface area contributed by atoms with Gasteiger partial charge in [-0.05, 0) is 32.1 Å². The fourth-order valence-corrected chi connectivity index (χ4v) is 4.08. The molecule has 19 heavy (non-hydrogen) atoms. The number of nitrogens with zero attached hydrogens (tertiary/aromatic N) is 1. The van der Waals surface area contributed by atoms with E-state index in [2.05, 4.69) is 26.2 Å². The van der Waals surface area contributed by atoms with Crippen LogP contribution in [0.5, 0.6) is 0 Å². The molecule has 1 aliphatic rings. The van der Waals surface area contributed by atoms with Crippen LogP contribution in [0.25, 0.3) is 0 Å². The van der Waals surface area contributed by atoms with Crippen molar-refractivity contribution in [2.75, 3.05) is 6.61 Å². The van der Waals surface area contributed by atoms with E-state index in [1.54, 1.807) is 0 Å². The Balaban J connectivity index is 2.24. The molecule has 2 rings (SSSR count). The molecule has 0 aromatic carbocycles. The van der Waals surface area contributed by atoms with E-state index in [-0.39, 0.29) is 5.60 Å². The highest BCUT2D eigenvalue weighted by molar-refractivity contribution is 7.09. The van der Waals surface area contributed by atoms with Crippen molar-refractivity contribution >= 4 is 11.3 Å². The molecule has 1 saturated carbocycles. The summed E-state index contributed by atoms with van der Waals surface area (Å²) in [6.07, 6.45) is 8.70. The Hall–Kier alpha value is -0.410. The van der Waals surface area contributed by atoms with Gasteiger partial charge in [-0.25, -0.2) is 4.98 Å². The maximum Gasteiger partial charge on any atom is 0.125 e. The average Bonchev–Trinajstić information content (AvgIpc) is 2.81. The Morgan fingerprint density at radius 1 is 1.26 bits per heavy atom. The number of hydrogen-bond donors (Lipinski definition) is 0. The fraction of sp³-hybridized carbons (Fsp3) is 0.812. The van der Waals surface area contributed by atoms with Crippen molar-refractivity contribution in [3.8, 4) is 0 Å². The fourth-order valence-electron chi connectivity index (χ4n) is 2.93. The lowest BCUT2D eigenvalue weighted by atomic mass is 9.94. The minimum Gasteiger partial charge on any atom is -0.368 e. The Morgan fingerprint density at radius 2 is 1.95 bits per heavy atom. The number of aromatic nitrogens is 1. The van der Waals surface area contributed by atoms with Crippen LogP contribution >= 0.6 is 11.3 Å². The molecular formula is C16H27NOS. The lowest BCUT2D eigenvalue weighted by molar-refractivity contribution is -0.0560. The predicted octanol–water partition coefficient (Wildman–Crippen LogP) is 5.24. The third-order valence-corrected chi connectivity index (χ3v) is 5.41. The van der Waals surface area contributed by atoms with Crippen LogP contribution in [0.1, 0.15) is 82.3 Å². The second-order valence-electron chi connectivity index (χ2n) is 5.73. The molecule has 1 aliphatic carbocycles. The quantitative estimate of drug-likeness (QED) is 0.688. The zero-order valence-electron chi connectivity index (χ0n) is 12.6. The van der Waals surface area contributed by atoms with Gasteiger partial charge in [-0.15, -0.1) is 11.3 Å². The molecule has 1 heterocycles. The smallest absolute Gasteiger partial charge is 0.125 e. The Kier molecular flexibility index (Phi) is 5.40. The maximum absolute atomic E-state index is 6.21. The highest BCUT2D eigenvalue weighted by Crippen LogP contribution is 2.41. The molecule has 0 aliphatic heterocycles. The number of thiazole rings is 1. The van der Waals surface area contributed by atoms with Crippen LogP contribution in [0.4, 0.5) is 0 Å². The van der Waals surface area contributed by atoms with Crippen LogP contribution in [-0.4, -0.2) is 11.6 Å². The van der Waals surface area contributed by atoms with Gasteiger partial charge in [0, 0.05) is 12.0 Å². The van der Waals surface area contributed by atoms with Gasteiger partial charge in [0.1, 0.15) is 10.6 Å². The van der Waals surface area contributed by atoms with Crippen LogP contribution < -0.4 is 0 Å². The van der Waals surface area contributed by atoms with Gasteiger partial charge >= 0.3 is 0 Å². The van der Waals surface area contributed by atoms with Crippen molar-refractivity contribution in [3.63, 3.8) is 0 Å². The first kappa shape index (κ1) is 15.0. The van der Waals surface area contributed by atoms with Crippen molar-refractivity contribution in [1.82, 2.24) is 4.98 Å². The Labute approximate surface area is 121 Å². The van der Waals surface area contributed by atoms with E-state index in [1.165, 1.54) is 36.4 Å². The molecule has 0 amide bonds. The van der Waals surface area contributed by atoms with Crippen LogP contribution in [-0.2, 0) is 10.3 Å². The maximum atomic E-state index is 6.21. The van der Waals surface area contributed by atoms with Gasteiger partial charge in [0.2, 0.25) is 0 Å².